The van der Waals surface area contributed by atoms with Crippen LogP contribution in [0.5, 0.6) is 0 Å². The molecule has 5 saturated carbocycles. The molecule has 0 bridgehead atoms. The Morgan fingerprint density at radius 3 is 2.12 bits per heavy atom. The molecule has 0 aliphatic heterocycles. The number of carboxylic acids is 1. The van der Waals surface area contributed by atoms with Gasteiger partial charge in [0, 0.05) is 18.8 Å². The average Bonchev–Trinajstić information content (AvgIpc) is 3.44. The van der Waals surface area contributed by atoms with Gasteiger partial charge in [-0.2, -0.15) is 0 Å². The summed E-state index contributed by atoms with van der Waals surface area (Å²) in [7, 11) is 0. The van der Waals surface area contributed by atoms with Crippen LogP contribution in [0.15, 0.2) is 12.2 Å². The summed E-state index contributed by atoms with van der Waals surface area (Å²) < 4.78 is 5.94. The lowest BCUT2D eigenvalue weighted by molar-refractivity contribution is -0.249. The van der Waals surface area contributed by atoms with Gasteiger partial charge >= 0.3 is 11.9 Å². The Kier molecular flexibility index (Phi) is 11.2. The van der Waals surface area contributed by atoms with Gasteiger partial charge in [-0.3, -0.25) is 24.1 Å². The number of hydrogen-bond acceptors (Lipinski definition) is 6. The molecular weight excluding hydrogens is 628 g/mol. The number of allylic oxidation sites excluding steroid dienone is 1. The van der Waals surface area contributed by atoms with Gasteiger partial charge in [-0.15, -0.1) is 0 Å². The number of hydrogen-bond donors (Lipinski definition) is 2. The Bertz CT molecular complexity index is 1340. The van der Waals surface area contributed by atoms with Crippen molar-refractivity contribution >= 4 is 23.8 Å². The quantitative estimate of drug-likeness (QED) is 0.119. The third-order valence-electron chi connectivity index (χ3n) is 16.2. The van der Waals surface area contributed by atoms with Crippen molar-refractivity contribution in [2.75, 3.05) is 13.1 Å². The standard InChI is InChI=1S/C42H68N2O6/c1-27(2)29-17-22-42(37(49)44(26-35(47)48)34(46)14-12-10-9-11-13-25-43)24-23-40(7)30(36(29)42)15-16-32-39(6)20-19-33(50-28(3)45)38(4,5)31(39)18-21-41(32,40)8/h29-33,36H,1,9-26,43H2,2-8H3,(H,47,48)/t29-,30+,31-,32+,33-,36+,39-,40+,41+,42-/m0/s1. The van der Waals surface area contributed by atoms with Crippen LogP contribution >= 0.6 is 0 Å². The minimum atomic E-state index is -1.14. The smallest absolute Gasteiger partial charge is 0.323 e. The summed E-state index contributed by atoms with van der Waals surface area (Å²) in [5, 5.41) is 9.94. The molecule has 0 saturated heterocycles. The van der Waals surface area contributed by atoms with Gasteiger partial charge in [0.1, 0.15) is 12.6 Å². The minimum Gasteiger partial charge on any atom is -0.480 e. The van der Waals surface area contributed by atoms with Gasteiger partial charge in [0.2, 0.25) is 11.8 Å². The third kappa shape index (κ3) is 6.29. The lowest BCUT2D eigenvalue weighted by Gasteiger charge is -2.73. The molecule has 0 aromatic rings. The fourth-order valence-electron chi connectivity index (χ4n) is 13.7. The normalized spacial score (nSPS) is 40.0. The van der Waals surface area contributed by atoms with Gasteiger partial charge in [-0.05, 0) is 136 Å². The van der Waals surface area contributed by atoms with Crippen molar-refractivity contribution in [1.29, 1.82) is 0 Å². The Morgan fingerprint density at radius 2 is 1.48 bits per heavy atom. The van der Waals surface area contributed by atoms with Crippen LogP contribution in [0, 0.1) is 56.7 Å². The molecule has 8 nitrogen and oxygen atoms in total. The van der Waals surface area contributed by atoms with Crippen molar-refractivity contribution in [3.8, 4) is 0 Å². The van der Waals surface area contributed by atoms with E-state index in [0.717, 1.165) is 87.5 Å². The number of fused-ring (bicyclic) bond motifs is 7. The molecule has 0 spiro atoms. The maximum absolute atomic E-state index is 14.9. The van der Waals surface area contributed by atoms with E-state index in [9.17, 15) is 24.3 Å². The van der Waals surface area contributed by atoms with Crippen molar-refractivity contribution < 1.29 is 29.0 Å². The van der Waals surface area contributed by atoms with Gasteiger partial charge in [0.15, 0.2) is 0 Å². The second kappa shape index (κ2) is 14.3. The zero-order valence-corrected chi connectivity index (χ0v) is 32.4. The first-order valence-corrected chi connectivity index (χ1v) is 20.0. The number of carbonyl (C=O) groups is 4. The third-order valence-corrected chi connectivity index (χ3v) is 16.2. The predicted molar refractivity (Wildman–Crippen MR) is 196 cm³/mol. The highest BCUT2D eigenvalue weighted by molar-refractivity contribution is 6.01. The summed E-state index contributed by atoms with van der Waals surface area (Å²) in [6.07, 6.45) is 14.1. The van der Waals surface area contributed by atoms with Crippen molar-refractivity contribution in [3.63, 3.8) is 0 Å². The average molecular weight is 697 g/mol. The summed E-state index contributed by atoms with van der Waals surface area (Å²) in [6, 6.07) is 0. The first-order chi connectivity index (χ1) is 23.4. The first-order valence-electron chi connectivity index (χ1n) is 20.0. The Labute approximate surface area is 302 Å². The molecule has 50 heavy (non-hydrogen) atoms. The molecule has 8 heteroatoms. The van der Waals surface area contributed by atoms with E-state index in [4.69, 9.17) is 10.5 Å². The number of ether oxygens (including phenoxy) is 1. The fraction of sp³-hybridized carbons (Fsp3) is 0.857. The number of imide groups is 1. The molecule has 3 N–H and O–H groups in total. The molecule has 0 aromatic heterocycles. The SMILES string of the molecule is C=C(C)[C@@H]1CC[C@]2(C(=O)N(CC(=O)O)C(=O)CCCCCCCN)CC[C@]3(C)[C@H](CC[C@@H]4[C@@]5(C)CC[C@H](OC(C)=O)C(C)(C)[C@@H]5CC[C@]43C)[C@@H]12. The number of nitrogens with zero attached hydrogens (tertiary/aromatic N) is 1. The molecule has 282 valence electrons. The highest BCUT2D eigenvalue weighted by atomic mass is 16.5. The number of amides is 2. The zero-order chi connectivity index (χ0) is 36.9. The van der Waals surface area contributed by atoms with Crippen molar-refractivity contribution in [1.82, 2.24) is 4.90 Å². The molecule has 2 amide bonds. The molecule has 5 fully saturated rings. The minimum absolute atomic E-state index is 0.00156. The van der Waals surface area contributed by atoms with E-state index in [0.29, 0.717) is 43.6 Å². The highest BCUT2D eigenvalue weighted by Crippen LogP contribution is 2.77. The number of carboxylic acid groups (broad SMARTS) is 1. The molecular formula is C42H68N2O6. The van der Waals surface area contributed by atoms with Crippen LogP contribution in [0.1, 0.15) is 151 Å². The number of rotatable bonds is 12. The monoisotopic (exact) mass is 697 g/mol. The van der Waals surface area contributed by atoms with E-state index in [1.54, 1.807) is 0 Å². The lowest BCUT2D eigenvalue weighted by atomic mass is 9.32. The maximum Gasteiger partial charge on any atom is 0.323 e. The number of nitrogens with two attached hydrogens (primary N) is 1. The molecule has 0 heterocycles. The van der Waals surface area contributed by atoms with Crippen molar-refractivity contribution in [2.24, 2.45) is 62.4 Å². The highest BCUT2D eigenvalue weighted by Gasteiger charge is 2.72. The molecule has 0 aromatic carbocycles. The molecule has 5 aliphatic rings. The van der Waals surface area contributed by atoms with E-state index in [2.05, 4.69) is 48.1 Å². The predicted octanol–water partition coefficient (Wildman–Crippen LogP) is 8.31. The Balaban J connectivity index is 1.45. The summed E-state index contributed by atoms with van der Waals surface area (Å²) in [5.41, 5.74) is 6.09. The van der Waals surface area contributed by atoms with Crippen LogP contribution in [-0.4, -0.2) is 53.0 Å². The van der Waals surface area contributed by atoms with Crippen LogP contribution in [0.2, 0.25) is 0 Å². The largest absolute Gasteiger partial charge is 0.480 e. The van der Waals surface area contributed by atoms with Gasteiger partial charge in [0.25, 0.3) is 0 Å². The van der Waals surface area contributed by atoms with E-state index < -0.39 is 17.9 Å². The van der Waals surface area contributed by atoms with Gasteiger partial charge in [-0.25, -0.2) is 0 Å². The molecule has 5 rings (SSSR count). The molecule has 10 atom stereocenters. The zero-order valence-electron chi connectivity index (χ0n) is 32.4. The van der Waals surface area contributed by atoms with Crippen LogP contribution in [-0.2, 0) is 23.9 Å². The van der Waals surface area contributed by atoms with E-state index in [1.807, 2.05) is 0 Å². The van der Waals surface area contributed by atoms with Crippen LogP contribution < -0.4 is 5.73 Å². The topological polar surface area (TPSA) is 127 Å². The summed E-state index contributed by atoms with van der Waals surface area (Å²) >= 11 is 0. The number of aliphatic carboxylic acids is 1. The van der Waals surface area contributed by atoms with Crippen molar-refractivity contribution in [3.05, 3.63) is 12.2 Å². The first kappa shape index (κ1) is 39.0. The Morgan fingerprint density at radius 1 is 0.800 bits per heavy atom. The van der Waals surface area contributed by atoms with E-state index in [1.165, 1.54) is 6.92 Å². The molecule has 5 aliphatic carbocycles. The van der Waals surface area contributed by atoms with Crippen LogP contribution in [0.4, 0.5) is 0 Å². The summed E-state index contributed by atoms with van der Waals surface area (Å²) in [4.78, 5) is 54.0. The van der Waals surface area contributed by atoms with Gasteiger partial charge < -0.3 is 15.6 Å². The molecule has 0 radical (unpaired) electrons. The number of unbranched alkanes of at least 4 members (excludes halogenated alkanes) is 4. The summed E-state index contributed by atoms with van der Waals surface area (Å²) in [5.74, 6) is -0.405. The van der Waals surface area contributed by atoms with Crippen LogP contribution in [0.3, 0.4) is 0 Å². The second-order valence-electron chi connectivity index (χ2n) is 18.8. The number of carbonyl (C=O) groups excluding carboxylic acids is 3. The van der Waals surface area contributed by atoms with E-state index >= 15 is 0 Å². The van der Waals surface area contributed by atoms with Crippen LogP contribution in [0.25, 0.3) is 0 Å². The van der Waals surface area contributed by atoms with E-state index in [-0.39, 0.29) is 63.8 Å². The second-order valence-corrected chi connectivity index (χ2v) is 18.8. The maximum atomic E-state index is 14.9. The Hall–Kier alpha value is -2.22. The van der Waals surface area contributed by atoms with Gasteiger partial charge in [0.05, 0.1) is 5.41 Å². The number of esters is 1. The summed E-state index contributed by atoms with van der Waals surface area (Å²) in [6.45, 7) is 20.4. The van der Waals surface area contributed by atoms with Crippen molar-refractivity contribution in [2.45, 2.75) is 157 Å². The fourth-order valence-corrected chi connectivity index (χ4v) is 13.7. The van der Waals surface area contributed by atoms with Gasteiger partial charge in [-0.1, -0.05) is 66.0 Å². The molecule has 0 unspecified atom stereocenters. The lowest BCUT2D eigenvalue weighted by Crippen LogP contribution is -2.67.